The Hall–Kier alpha value is -1.56. The van der Waals surface area contributed by atoms with E-state index < -0.39 is 11.7 Å². The average Bonchev–Trinajstić information content (AvgIpc) is 2.33. The highest BCUT2D eigenvalue weighted by Gasteiger charge is 2.31. The molecule has 0 bridgehead atoms. The number of carbonyl (C=O) groups is 1. The van der Waals surface area contributed by atoms with Crippen molar-refractivity contribution >= 4 is 11.6 Å². The second kappa shape index (κ2) is 6.56. The van der Waals surface area contributed by atoms with Crippen LogP contribution in [-0.2, 0) is 15.7 Å². The van der Waals surface area contributed by atoms with Gasteiger partial charge in [-0.25, -0.2) is 0 Å². The van der Waals surface area contributed by atoms with Crippen molar-refractivity contribution in [2.45, 2.75) is 20.0 Å². The van der Waals surface area contributed by atoms with Gasteiger partial charge < -0.3 is 9.64 Å². The van der Waals surface area contributed by atoms with E-state index in [-0.39, 0.29) is 24.7 Å². The first-order valence-electron chi connectivity index (χ1n) is 5.89. The second-order valence-corrected chi connectivity index (χ2v) is 3.92. The van der Waals surface area contributed by atoms with Gasteiger partial charge in [-0.05, 0) is 25.1 Å². The van der Waals surface area contributed by atoms with Crippen LogP contribution in [0.4, 0.5) is 18.9 Å². The van der Waals surface area contributed by atoms with Crippen LogP contribution in [0.2, 0.25) is 0 Å². The van der Waals surface area contributed by atoms with Gasteiger partial charge in [0.05, 0.1) is 12.2 Å². The predicted octanol–water partition coefficient (Wildman–Crippen LogP) is 3.09. The van der Waals surface area contributed by atoms with Crippen LogP contribution in [-0.4, -0.2) is 25.7 Å². The first kappa shape index (κ1) is 15.5. The summed E-state index contributed by atoms with van der Waals surface area (Å²) in [6, 6.07) is 4.70. The summed E-state index contributed by atoms with van der Waals surface area (Å²) < 4.78 is 42.9. The highest BCUT2D eigenvalue weighted by Crippen LogP contribution is 2.31. The third-order valence-electron chi connectivity index (χ3n) is 2.53. The van der Waals surface area contributed by atoms with Crippen LogP contribution in [0.15, 0.2) is 24.3 Å². The molecular weight excluding hydrogens is 259 g/mol. The molecule has 1 amide bonds. The fourth-order valence-corrected chi connectivity index (χ4v) is 1.62. The van der Waals surface area contributed by atoms with Crippen molar-refractivity contribution in [2.24, 2.45) is 0 Å². The summed E-state index contributed by atoms with van der Waals surface area (Å²) >= 11 is 0. The van der Waals surface area contributed by atoms with E-state index in [0.717, 1.165) is 12.1 Å². The van der Waals surface area contributed by atoms with Gasteiger partial charge >= 0.3 is 6.18 Å². The number of anilines is 1. The SMILES string of the molecule is CCOCCN(C(C)=O)c1cccc(C(F)(F)F)c1. The maximum absolute atomic E-state index is 12.6. The number of halogens is 3. The van der Waals surface area contributed by atoms with Gasteiger partial charge in [0.25, 0.3) is 0 Å². The van der Waals surface area contributed by atoms with Crippen molar-refractivity contribution in [3.8, 4) is 0 Å². The molecule has 0 aromatic heterocycles. The van der Waals surface area contributed by atoms with Gasteiger partial charge in [-0.1, -0.05) is 6.07 Å². The third-order valence-corrected chi connectivity index (χ3v) is 2.53. The van der Waals surface area contributed by atoms with Gasteiger partial charge in [-0.3, -0.25) is 4.79 Å². The molecule has 3 nitrogen and oxygen atoms in total. The minimum absolute atomic E-state index is 0.224. The predicted molar refractivity (Wildman–Crippen MR) is 66.0 cm³/mol. The molecule has 106 valence electrons. The number of hydrogen-bond acceptors (Lipinski definition) is 2. The molecule has 0 radical (unpaired) electrons. The first-order chi connectivity index (χ1) is 8.86. The Morgan fingerprint density at radius 2 is 2.05 bits per heavy atom. The van der Waals surface area contributed by atoms with Crippen LogP contribution in [0.3, 0.4) is 0 Å². The molecule has 6 heteroatoms. The van der Waals surface area contributed by atoms with Crippen LogP contribution in [0.25, 0.3) is 0 Å². The minimum atomic E-state index is -4.42. The third kappa shape index (κ3) is 4.55. The van der Waals surface area contributed by atoms with E-state index in [2.05, 4.69) is 0 Å². The molecule has 0 unspecified atom stereocenters. The highest BCUT2D eigenvalue weighted by molar-refractivity contribution is 5.91. The number of rotatable bonds is 5. The molecular formula is C13H16F3NO2. The van der Waals surface area contributed by atoms with Gasteiger partial charge in [-0.2, -0.15) is 13.2 Å². The van der Waals surface area contributed by atoms with Crippen molar-refractivity contribution in [2.75, 3.05) is 24.7 Å². The van der Waals surface area contributed by atoms with E-state index in [4.69, 9.17) is 4.74 Å². The summed E-state index contributed by atoms with van der Waals surface area (Å²) in [5.74, 6) is -0.320. The van der Waals surface area contributed by atoms with Crippen molar-refractivity contribution in [1.82, 2.24) is 0 Å². The summed E-state index contributed by atoms with van der Waals surface area (Å²) in [4.78, 5) is 12.8. The van der Waals surface area contributed by atoms with E-state index in [9.17, 15) is 18.0 Å². The zero-order chi connectivity index (χ0) is 14.5. The summed E-state index contributed by atoms with van der Waals surface area (Å²) in [6.07, 6.45) is -4.42. The number of carbonyl (C=O) groups excluding carboxylic acids is 1. The fourth-order valence-electron chi connectivity index (χ4n) is 1.62. The Balaban J connectivity index is 2.93. The van der Waals surface area contributed by atoms with E-state index >= 15 is 0 Å². The Morgan fingerprint density at radius 3 is 2.58 bits per heavy atom. The van der Waals surface area contributed by atoms with Crippen molar-refractivity contribution in [1.29, 1.82) is 0 Å². The van der Waals surface area contributed by atoms with Gasteiger partial charge in [0.2, 0.25) is 5.91 Å². The first-order valence-corrected chi connectivity index (χ1v) is 5.89. The fraction of sp³-hybridized carbons (Fsp3) is 0.462. The van der Waals surface area contributed by atoms with Gasteiger partial charge in [0.15, 0.2) is 0 Å². The Morgan fingerprint density at radius 1 is 1.37 bits per heavy atom. The lowest BCUT2D eigenvalue weighted by molar-refractivity contribution is -0.137. The lowest BCUT2D eigenvalue weighted by Crippen LogP contribution is -2.32. The maximum atomic E-state index is 12.6. The van der Waals surface area contributed by atoms with Gasteiger partial charge in [0, 0.05) is 25.8 Å². The Bertz CT molecular complexity index is 432. The summed E-state index contributed by atoms with van der Waals surface area (Å²) in [7, 11) is 0. The largest absolute Gasteiger partial charge is 0.416 e. The lowest BCUT2D eigenvalue weighted by Gasteiger charge is -2.22. The number of amides is 1. The molecule has 0 fully saturated rings. The number of ether oxygens (including phenoxy) is 1. The van der Waals surface area contributed by atoms with E-state index in [0.29, 0.717) is 6.61 Å². The quantitative estimate of drug-likeness (QED) is 0.773. The molecule has 0 saturated carbocycles. The highest BCUT2D eigenvalue weighted by atomic mass is 19.4. The van der Waals surface area contributed by atoms with Crippen LogP contribution in [0.5, 0.6) is 0 Å². The number of alkyl halides is 3. The monoisotopic (exact) mass is 275 g/mol. The van der Waals surface area contributed by atoms with Gasteiger partial charge in [-0.15, -0.1) is 0 Å². The van der Waals surface area contributed by atoms with E-state index in [1.54, 1.807) is 0 Å². The van der Waals surface area contributed by atoms with E-state index in [1.807, 2.05) is 6.92 Å². The average molecular weight is 275 g/mol. The molecule has 0 aliphatic rings. The molecule has 19 heavy (non-hydrogen) atoms. The zero-order valence-corrected chi connectivity index (χ0v) is 10.8. The Labute approximate surface area is 110 Å². The number of nitrogens with zero attached hydrogens (tertiary/aromatic N) is 1. The molecule has 0 aliphatic heterocycles. The molecule has 0 aliphatic carbocycles. The summed E-state index contributed by atoms with van der Waals surface area (Å²) in [6.45, 7) is 4.12. The van der Waals surface area contributed by atoms with Crippen LogP contribution in [0, 0.1) is 0 Å². The molecule has 0 heterocycles. The molecule has 0 saturated heterocycles. The van der Waals surface area contributed by atoms with Crippen LogP contribution in [0.1, 0.15) is 19.4 Å². The maximum Gasteiger partial charge on any atom is 0.416 e. The second-order valence-electron chi connectivity index (χ2n) is 3.92. The molecule has 0 atom stereocenters. The number of benzene rings is 1. The van der Waals surface area contributed by atoms with Crippen molar-refractivity contribution in [3.05, 3.63) is 29.8 Å². The van der Waals surface area contributed by atoms with Gasteiger partial charge in [0.1, 0.15) is 0 Å². The van der Waals surface area contributed by atoms with Crippen LogP contribution >= 0.6 is 0 Å². The molecule has 1 aromatic carbocycles. The standard InChI is InChI=1S/C13H16F3NO2/c1-3-19-8-7-17(10(2)18)12-6-4-5-11(9-12)13(14,15)16/h4-6,9H,3,7-8H2,1-2H3. The molecule has 0 N–H and O–H groups in total. The topological polar surface area (TPSA) is 29.5 Å². The molecule has 0 spiro atoms. The normalized spacial score (nSPS) is 11.4. The minimum Gasteiger partial charge on any atom is -0.380 e. The van der Waals surface area contributed by atoms with E-state index in [1.165, 1.54) is 24.0 Å². The molecule has 1 aromatic rings. The summed E-state index contributed by atoms with van der Waals surface area (Å²) in [5, 5.41) is 0. The van der Waals surface area contributed by atoms with Crippen LogP contribution < -0.4 is 4.90 Å². The lowest BCUT2D eigenvalue weighted by atomic mass is 10.2. The smallest absolute Gasteiger partial charge is 0.380 e. The zero-order valence-electron chi connectivity index (χ0n) is 10.8. The molecule has 1 rings (SSSR count). The number of hydrogen-bond donors (Lipinski definition) is 0. The van der Waals surface area contributed by atoms with Crippen molar-refractivity contribution in [3.63, 3.8) is 0 Å². The Kier molecular flexibility index (Phi) is 5.35. The van der Waals surface area contributed by atoms with Crippen molar-refractivity contribution < 1.29 is 22.7 Å². The summed E-state index contributed by atoms with van der Waals surface area (Å²) in [5.41, 5.74) is -0.547.